The molecule has 3 aliphatic rings. The van der Waals surface area contributed by atoms with E-state index in [-0.39, 0.29) is 12.1 Å². The van der Waals surface area contributed by atoms with Crippen molar-refractivity contribution in [1.82, 2.24) is 20.4 Å². The minimum Gasteiger partial charge on any atom is -0.339 e. The summed E-state index contributed by atoms with van der Waals surface area (Å²) < 4.78 is 0. The average Bonchev–Trinajstić information content (AvgIpc) is 2.56. The molecule has 22 heavy (non-hydrogen) atoms. The smallest absolute Gasteiger partial charge is 0.239 e. The van der Waals surface area contributed by atoms with Crippen LogP contribution in [0.2, 0.25) is 0 Å². The SMILES string of the molecule is CN1CCN(C(=O)C2CCC(C3CCNCC3N)CN2)CC1. The highest BCUT2D eigenvalue weighted by Crippen LogP contribution is 2.28. The summed E-state index contributed by atoms with van der Waals surface area (Å²) >= 11 is 0. The fourth-order valence-electron chi connectivity index (χ4n) is 4.19. The monoisotopic (exact) mass is 309 g/mol. The number of nitrogens with one attached hydrogen (secondary N) is 2. The van der Waals surface area contributed by atoms with E-state index in [2.05, 4.69) is 22.6 Å². The zero-order chi connectivity index (χ0) is 15.5. The van der Waals surface area contributed by atoms with Gasteiger partial charge in [0.2, 0.25) is 5.91 Å². The van der Waals surface area contributed by atoms with Gasteiger partial charge in [-0.05, 0) is 51.2 Å². The maximum atomic E-state index is 12.6. The maximum absolute atomic E-state index is 12.6. The molecule has 4 N–H and O–H groups in total. The molecule has 6 heteroatoms. The van der Waals surface area contributed by atoms with Crippen LogP contribution in [0.3, 0.4) is 0 Å². The summed E-state index contributed by atoms with van der Waals surface area (Å²) in [5.74, 6) is 1.54. The fraction of sp³-hybridized carbons (Fsp3) is 0.938. The Hall–Kier alpha value is -0.690. The first-order valence-electron chi connectivity index (χ1n) is 8.82. The molecule has 3 heterocycles. The van der Waals surface area contributed by atoms with Crippen LogP contribution in [0.1, 0.15) is 19.3 Å². The first-order valence-corrected chi connectivity index (χ1v) is 8.82. The van der Waals surface area contributed by atoms with E-state index in [0.717, 1.165) is 58.7 Å². The Balaban J connectivity index is 1.48. The Labute approximate surface area is 133 Å². The predicted octanol–water partition coefficient (Wildman–Crippen LogP) is -0.935. The van der Waals surface area contributed by atoms with Gasteiger partial charge in [0.15, 0.2) is 0 Å². The van der Waals surface area contributed by atoms with E-state index in [0.29, 0.717) is 17.7 Å². The third-order valence-corrected chi connectivity index (χ3v) is 5.76. The average molecular weight is 309 g/mol. The number of piperidine rings is 2. The number of nitrogens with two attached hydrogens (primary N) is 1. The molecule has 3 fully saturated rings. The van der Waals surface area contributed by atoms with Gasteiger partial charge in [0.25, 0.3) is 0 Å². The molecule has 3 aliphatic heterocycles. The summed E-state index contributed by atoms with van der Waals surface area (Å²) in [4.78, 5) is 16.9. The van der Waals surface area contributed by atoms with E-state index < -0.39 is 0 Å². The van der Waals surface area contributed by atoms with Crippen LogP contribution in [0, 0.1) is 11.8 Å². The van der Waals surface area contributed by atoms with Crippen LogP contribution in [0.15, 0.2) is 0 Å². The molecule has 0 aromatic carbocycles. The lowest BCUT2D eigenvalue weighted by molar-refractivity contribution is -0.136. The van der Waals surface area contributed by atoms with E-state index in [9.17, 15) is 4.79 Å². The number of piperazine rings is 1. The first-order chi connectivity index (χ1) is 10.6. The third-order valence-electron chi connectivity index (χ3n) is 5.76. The Morgan fingerprint density at radius 3 is 2.50 bits per heavy atom. The number of carbonyl (C=O) groups excluding carboxylic acids is 1. The van der Waals surface area contributed by atoms with Crippen molar-refractivity contribution in [3.8, 4) is 0 Å². The van der Waals surface area contributed by atoms with Gasteiger partial charge in [-0.1, -0.05) is 0 Å². The second kappa shape index (κ2) is 7.25. The molecule has 0 aliphatic carbocycles. The van der Waals surface area contributed by atoms with E-state index in [1.54, 1.807) is 0 Å². The zero-order valence-corrected chi connectivity index (χ0v) is 13.8. The maximum Gasteiger partial charge on any atom is 0.239 e. The van der Waals surface area contributed by atoms with Gasteiger partial charge in [-0.15, -0.1) is 0 Å². The van der Waals surface area contributed by atoms with E-state index in [1.807, 2.05) is 4.90 Å². The number of amides is 1. The largest absolute Gasteiger partial charge is 0.339 e. The van der Waals surface area contributed by atoms with Crippen LogP contribution in [0.25, 0.3) is 0 Å². The second-order valence-corrected chi connectivity index (χ2v) is 7.25. The summed E-state index contributed by atoms with van der Waals surface area (Å²) in [6.07, 6.45) is 3.27. The fourth-order valence-corrected chi connectivity index (χ4v) is 4.19. The molecule has 4 unspecified atom stereocenters. The van der Waals surface area contributed by atoms with Gasteiger partial charge >= 0.3 is 0 Å². The number of hydrogen-bond donors (Lipinski definition) is 3. The normalized spacial score (nSPS) is 38.0. The topological polar surface area (TPSA) is 73.6 Å². The molecule has 1 amide bonds. The molecule has 6 nitrogen and oxygen atoms in total. The predicted molar refractivity (Wildman–Crippen MR) is 87.5 cm³/mol. The number of hydrogen-bond acceptors (Lipinski definition) is 5. The molecule has 3 saturated heterocycles. The minimum absolute atomic E-state index is 0.0256. The number of rotatable bonds is 2. The Kier molecular flexibility index (Phi) is 5.33. The number of nitrogens with zero attached hydrogens (tertiary/aromatic N) is 2. The van der Waals surface area contributed by atoms with Crippen molar-refractivity contribution in [2.24, 2.45) is 17.6 Å². The van der Waals surface area contributed by atoms with Crippen molar-refractivity contribution in [3.05, 3.63) is 0 Å². The molecular formula is C16H31N5O. The summed E-state index contributed by atoms with van der Waals surface area (Å²) in [5, 5.41) is 6.88. The standard InChI is InChI=1S/C16H31N5O/c1-20-6-8-21(9-7-20)16(22)15-3-2-12(10-19-15)13-4-5-18-11-14(13)17/h12-15,18-19H,2-11,17H2,1H3. The van der Waals surface area contributed by atoms with Gasteiger partial charge in [-0.2, -0.15) is 0 Å². The lowest BCUT2D eigenvalue weighted by atomic mass is 9.77. The molecule has 0 spiro atoms. The van der Waals surface area contributed by atoms with Crippen molar-refractivity contribution in [2.45, 2.75) is 31.3 Å². The van der Waals surface area contributed by atoms with Crippen molar-refractivity contribution < 1.29 is 4.79 Å². The Morgan fingerprint density at radius 2 is 1.86 bits per heavy atom. The van der Waals surface area contributed by atoms with Crippen LogP contribution >= 0.6 is 0 Å². The van der Waals surface area contributed by atoms with Gasteiger partial charge in [-0.25, -0.2) is 0 Å². The zero-order valence-electron chi connectivity index (χ0n) is 13.8. The molecule has 0 bridgehead atoms. The quantitative estimate of drug-likeness (QED) is 0.614. The minimum atomic E-state index is 0.0256. The first kappa shape index (κ1) is 16.2. The van der Waals surface area contributed by atoms with Gasteiger partial charge < -0.3 is 26.2 Å². The molecule has 0 saturated carbocycles. The molecule has 3 rings (SSSR count). The highest BCUT2D eigenvalue weighted by molar-refractivity contribution is 5.82. The van der Waals surface area contributed by atoms with Crippen LogP contribution in [0.4, 0.5) is 0 Å². The molecule has 4 atom stereocenters. The molecule has 0 aromatic heterocycles. The third kappa shape index (κ3) is 3.62. The Morgan fingerprint density at radius 1 is 1.09 bits per heavy atom. The van der Waals surface area contributed by atoms with Gasteiger partial charge in [-0.3, -0.25) is 4.79 Å². The summed E-state index contributed by atoms with van der Waals surface area (Å²) in [5.41, 5.74) is 6.26. The number of likely N-dealkylation sites (N-methyl/N-ethyl adjacent to an activating group) is 1. The van der Waals surface area contributed by atoms with E-state index in [1.165, 1.54) is 6.42 Å². The molecular weight excluding hydrogens is 278 g/mol. The lowest BCUT2D eigenvalue weighted by Gasteiger charge is -2.41. The van der Waals surface area contributed by atoms with Crippen molar-refractivity contribution in [3.63, 3.8) is 0 Å². The van der Waals surface area contributed by atoms with Gasteiger partial charge in [0.1, 0.15) is 0 Å². The summed E-state index contributed by atoms with van der Waals surface area (Å²) in [6, 6.07) is 0.294. The van der Waals surface area contributed by atoms with Crippen LogP contribution in [-0.4, -0.2) is 80.7 Å². The second-order valence-electron chi connectivity index (χ2n) is 7.25. The highest BCUT2D eigenvalue weighted by Gasteiger charge is 2.35. The van der Waals surface area contributed by atoms with Gasteiger partial charge in [0.05, 0.1) is 6.04 Å². The van der Waals surface area contributed by atoms with E-state index in [4.69, 9.17) is 5.73 Å². The van der Waals surface area contributed by atoms with Crippen molar-refractivity contribution >= 4 is 5.91 Å². The number of carbonyl (C=O) groups is 1. The Bertz CT molecular complexity index is 375. The van der Waals surface area contributed by atoms with Crippen molar-refractivity contribution in [2.75, 3.05) is 52.9 Å². The summed E-state index contributed by atoms with van der Waals surface area (Å²) in [7, 11) is 2.12. The van der Waals surface area contributed by atoms with Crippen molar-refractivity contribution in [1.29, 1.82) is 0 Å². The van der Waals surface area contributed by atoms with E-state index >= 15 is 0 Å². The van der Waals surface area contributed by atoms with Gasteiger partial charge in [0, 0.05) is 38.8 Å². The van der Waals surface area contributed by atoms with Crippen LogP contribution in [0.5, 0.6) is 0 Å². The highest BCUT2D eigenvalue weighted by atomic mass is 16.2. The molecule has 126 valence electrons. The molecule has 0 radical (unpaired) electrons. The summed E-state index contributed by atoms with van der Waals surface area (Å²) in [6.45, 7) is 6.69. The van der Waals surface area contributed by atoms with Crippen LogP contribution in [-0.2, 0) is 4.79 Å². The van der Waals surface area contributed by atoms with Crippen LogP contribution < -0.4 is 16.4 Å². The lowest BCUT2D eigenvalue weighted by Crippen LogP contribution is -2.57. The molecule has 0 aromatic rings.